The maximum atomic E-state index is 7.49. The first kappa shape index (κ1) is 9.55. The summed E-state index contributed by atoms with van der Waals surface area (Å²) >= 11 is 0. The van der Waals surface area contributed by atoms with Crippen LogP contribution in [0.25, 0.3) is 0 Å². The van der Waals surface area contributed by atoms with Gasteiger partial charge in [-0.05, 0) is 0 Å². The molecule has 0 rings (SSSR count). The van der Waals surface area contributed by atoms with E-state index in [0.717, 1.165) is 0 Å². The van der Waals surface area contributed by atoms with Crippen LogP contribution in [0, 0.1) is 0 Å². The second-order valence-corrected chi connectivity index (χ2v) is 1.10. The average Bonchev–Trinajstić information content (AvgIpc) is 1.39. The van der Waals surface area contributed by atoms with Gasteiger partial charge in [0.15, 0.2) is 0 Å². The van der Waals surface area contributed by atoms with Gasteiger partial charge in [0, 0.05) is 0 Å². The second-order valence-electron chi connectivity index (χ2n) is 0.365. The summed E-state index contributed by atoms with van der Waals surface area (Å²) in [6.07, 6.45) is 0. The summed E-state index contributed by atoms with van der Waals surface area (Å²) in [4.78, 5) is 15.0. The zero-order chi connectivity index (χ0) is 5.41. The summed E-state index contributed by atoms with van der Waals surface area (Å²) < 4.78 is 0. The van der Waals surface area contributed by atoms with Crippen LogP contribution in [0.1, 0.15) is 0 Å². The zero-order valence-electron chi connectivity index (χ0n) is 3.46. The maximum Gasteiger partial charge on any atom is 0.229 e. The highest BCUT2D eigenvalue weighted by atomic mass is 28.2. The van der Waals surface area contributed by atoms with E-state index in [-0.39, 0.29) is 0 Å². The lowest BCUT2D eigenvalue weighted by Crippen LogP contribution is -1.99. The van der Waals surface area contributed by atoms with Crippen LogP contribution in [0.15, 0.2) is 0 Å². The van der Waals surface area contributed by atoms with Crippen LogP contribution in [0.4, 0.5) is 0 Å². The van der Waals surface area contributed by atoms with Gasteiger partial charge in [-0.2, -0.15) is 0 Å². The van der Waals surface area contributed by atoms with Crippen LogP contribution >= 0.6 is 0 Å². The predicted molar refractivity (Wildman–Crippen MR) is 29.9 cm³/mol. The normalized spacial score (nSPS) is 10.0. The lowest BCUT2D eigenvalue weighted by molar-refractivity contribution is 0.603. The minimum Gasteiger partial charge on any atom is -0.424 e. The molecule has 0 saturated carbocycles. The van der Waals surface area contributed by atoms with Crippen LogP contribution < -0.4 is 10.8 Å². The third kappa shape index (κ3) is 611. The molecule has 6 N–H and O–H groups in total. The Labute approximate surface area is 41.2 Å². The van der Waals surface area contributed by atoms with Crippen molar-refractivity contribution in [3.05, 3.63) is 0 Å². The van der Waals surface area contributed by atoms with Gasteiger partial charge in [-0.1, -0.05) is 0 Å². The standard InChI is InChI=1S/2H5NOSi/c2*1-3-2/h2*2H,1,3H2. The van der Waals surface area contributed by atoms with Gasteiger partial charge in [0.1, 0.15) is 0 Å². The molecule has 0 amide bonds. The van der Waals surface area contributed by atoms with Crippen molar-refractivity contribution in [2.24, 2.45) is 10.8 Å². The van der Waals surface area contributed by atoms with Gasteiger partial charge in [0.05, 0.1) is 0 Å². The Hall–Kier alpha value is 0.274. The SMILES string of the molecule is N[SiH2]O.N[SiH2]O. The van der Waals surface area contributed by atoms with Gasteiger partial charge in [-0.15, -0.1) is 0 Å². The highest BCUT2D eigenvalue weighted by Gasteiger charge is 1.38. The van der Waals surface area contributed by atoms with Crippen LogP contribution in [0.2, 0.25) is 0 Å². The minimum absolute atomic E-state index is 1.08. The first-order chi connectivity index (χ1) is 2.83. The molecular formula is H10N2O2Si2. The first-order valence-corrected chi connectivity index (χ1v) is 4.35. The molecule has 0 aromatic rings. The van der Waals surface area contributed by atoms with Crippen LogP contribution in [-0.2, 0) is 0 Å². The zero-order valence-corrected chi connectivity index (χ0v) is 6.29. The summed E-state index contributed by atoms with van der Waals surface area (Å²) in [5, 5.41) is 9.08. The quantitative estimate of drug-likeness (QED) is 0.248. The van der Waals surface area contributed by atoms with E-state index in [1.807, 2.05) is 0 Å². The molecule has 0 atom stereocenters. The molecule has 40 valence electrons. The smallest absolute Gasteiger partial charge is 0.229 e. The van der Waals surface area contributed by atoms with E-state index in [0.29, 0.717) is 0 Å². The molecule has 0 aliphatic rings. The molecule has 0 bridgehead atoms. The van der Waals surface area contributed by atoms with Gasteiger partial charge in [0.2, 0.25) is 19.8 Å². The van der Waals surface area contributed by atoms with Crippen molar-refractivity contribution >= 4 is 19.8 Å². The molecule has 0 aliphatic carbocycles. The fraction of sp³-hybridized carbons (Fsp3) is 0. The molecule has 0 radical (unpaired) electrons. The summed E-state index contributed by atoms with van der Waals surface area (Å²) in [5.41, 5.74) is 0. The number of hydrogen-bond acceptors (Lipinski definition) is 4. The van der Waals surface area contributed by atoms with Gasteiger partial charge in [0.25, 0.3) is 0 Å². The summed E-state index contributed by atoms with van der Waals surface area (Å²) in [6, 6.07) is 0. The van der Waals surface area contributed by atoms with E-state index in [1.54, 1.807) is 0 Å². The van der Waals surface area contributed by atoms with Crippen molar-refractivity contribution in [1.29, 1.82) is 0 Å². The third-order valence-corrected chi connectivity index (χ3v) is 0. The van der Waals surface area contributed by atoms with Crippen LogP contribution in [0.5, 0.6) is 0 Å². The largest absolute Gasteiger partial charge is 0.424 e. The topological polar surface area (TPSA) is 92.5 Å². The van der Waals surface area contributed by atoms with Gasteiger partial charge in [-0.25, -0.2) is 0 Å². The Balaban J connectivity index is 0. The molecule has 0 aromatic carbocycles. The summed E-state index contributed by atoms with van der Waals surface area (Å²) in [5.74, 6) is 0. The lowest BCUT2D eigenvalue weighted by Gasteiger charge is -1.52. The molecule has 6 heteroatoms. The molecule has 0 aliphatic heterocycles. The van der Waals surface area contributed by atoms with E-state index in [1.165, 1.54) is 0 Å². The van der Waals surface area contributed by atoms with Gasteiger partial charge in [-0.3, -0.25) is 0 Å². The maximum absolute atomic E-state index is 7.49. The molecule has 6 heavy (non-hydrogen) atoms. The van der Waals surface area contributed by atoms with Gasteiger partial charge < -0.3 is 20.4 Å². The lowest BCUT2D eigenvalue weighted by atomic mass is 13.9. The summed E-state index contributed by atoms with van der Waals surface area (Å²) in [6.45, 7) is 0. The molecule has 0 spiro atoms. The minimum atomic E-state index is -1.08. The Morgan fingerprint density at radius 2 is 1.00 bits per heavy atom. The van der Waals surface area contributed by atoms with Crippen molar-refractivity contribution in [3.8, 4) is 0 Å². The third-order valence-electron chi connectivity index (χ3n) is 0. The second kappa shape index (κ2) is 18.6. The Bertz CT molecular complexity index is 11.5. The van der Waals surface area contributed by atoms with Crippen LogP contribution in [-0.4, -0.2) is 29.4 Å². The van der Waals surface area contributed by atoms with Crippen molar-refractivity contribution in [3.63, 3.8) is 0 Å². The first-order valence-electron chi connectivity index (χ1n) is 1.45. The monoisotopic (exact) mass is 126 g/mol. The molecule has 0 saturated heterocycles. The number of hydrogen-bond donors (Lipinski definition) is 4. The molecule has 0 heterocycles. The van der Waals surface area contributed by atoms with E-state index >= 15 is 0 Å². The van der Waals surface area contributed by atoms with Gasteiger partial charge >= 0.3 is 0 Å². The Morgan fingerprint density at radius 1 is 1.00 bits per heavy atom. The predicted octanol–water partition coefficient (Wildman–Crippen LogP) is -4.13. The van der Waals surface area contributed by atoms with Crippen molar-refractivity contribution in [2.45, 2.75) is 0 Å². The van der Waals surface area contributed by atoms with E-state index in [2.05, 4.69) is 10.8 Å². The molecule has 0 aromatic heterocycles. The molecule has 4 nitrogen and oxygen atoms in total. The average molecular weight is 126 g/mol. The Kier molecular flexibility index (Phi) is 29.7. The number of rotatable bonds is 0. The molecule has 0 unspecified atom stereocenters. The van der Waals surface area contributed by atoms with Crippen molar-refractivity contribution < 1.29 is 9.59 Å². The molecular weight excluding hydrogens is 116 g/mol. The van der Waals surface area contributed by atoms with Crippen molar-refractivity contribution in [1.82, 2.24) is 0 Å². The Morgan fingerprint density at radius 3 is 1.00 bits per heavy atom. The van der Waals surface area contributed by atoms with E-state index < -0.39 is 19.8 Å². The van der Waals surface area contributed by atoms with Crippen molar-refractivity contribution in [2.75, 3.05) is 0 Å². The highest BCUT2D eigenvalue weighted by molar-refractivity contribution is 6.20. The van der Waals surface area contributed by atoms with Crippen LogP contribution in [0.3, 0.4) is 0 Å². The fourth-order valence-electron chi connectivity index (χ4n) is 0. The summed E-state index contributed by atoms with van der Waals surface area (Å²) in [7, 11) is -2.17. The van der Waals surface area contributed by atoms with E-state index in [4.69, 9.17) is 9.59 Å². The molecule has 0 fully saturated rings. The highest BCUT2D eigenvalue weighted by Crippen LogP contribution is 0.945. The number of nitrogens with two attached hydrogens (primary N) is 2. The fourth-order valence-corrected chi connectivity index (χ4v) is 0. The van der Waals surface area contributed by atoms with E-state index in [9.17, 15) is 0 Å².